The largest absolute Gasteiger partial charge is 0.437 e. The van der Waals surface area contributed by atoms with E-state index in [1.807, 2.05) is 26.3 Å². The van der Waals surface area contributed by atoms with Gasteiger partial charge in [-0.05, 0) is 66.7 Å². The lowest BCUT2D eigenvalue weighted by molar-refractivity contribution is 0.651. The summed E-state index contributed by atoms with van der Waals surface area (Å²) in [6.45, 7) is 10.7. The van der Waals surface area contributed by atoms with E-state index in [2.05, 4.69) is 92.3 Å². The third-order valence-corrected chi connectivity index (χ3v) is 5.92. The summed E-state index contributed by atoms with van der Waals surface area (Å²) in [5, 5.41) is 2.16. The number of hydrogen-bond donors (Lipinski definition) is 0. The quantitative estimate of drug-likeness (QED) is 0.242. The molecule has 2 heterocycles. The van der Waals surface area contributed by atoms with Crippen LogP contribution in [0.1, 0.15) is 54.6 Å². The molecule has 32 heavy (non-hydrogen) atoms. The van der Waals surface area contributed by atoms with Gasteiger partial charge in [0.25, 0.3) is 0 Å². The molecule has 4 aromatic rings. The first-order valence-corrected chi connectivity index (χ1v) is 11.1. The van der Waals surface area contributed by atoms with Gasteiger partial charge in [-0.15, -0.1) is 0 Å². The van der Waals surface area contributed by atoms with E-state index in [1.54, 1.807) is 0 Å². The van der Waals surface area contributed by atoms with Crippen molar-refractivity contribution in [1.82, 2.24) is 4.98 Å². The van der Waals surface area contributed by atoms with Gasteiger partial charge < -0.3 is 4.42 Å². The lowest BCUT2D eigenvalue weighted by Crippen LogP contribution is -1.92. The van der Waals surface area contributed by atoms with Crippen LogP contribution in [0.25, 0.3) is 33.2 Å². The summed E-state index contributed by atoms with van der Waals surface area (Å²) in [4.78, 5) is 8.88. The van der Waals surface area contributed by atoms with Crippen LogP contribution < -0.4 is 0 Å². The molecular formula is C29H30N2O. The molecular weight excluding hydrogens is 392 g/mol. The number of benzene rings is 2. The summed E-state index contributed by atoms with van der Waals surface area (Å²) in [7, 11) is 1.81. The molecule has 0 saturated carbocycles. The molecule has 0 bridgehead atoms. The van der Waals surface area contributed by atoms with Gasteiger partial charge >= 0.3 is 0 Å². The Morgan fingerprint density at radius 1 is 1.00 bits per heavy atom. The zero-order valence-electron chi connectivity index (χ0n) is 19.7. The molecule has 2 aromatic carbocycles. The number of allylic oxidation sites excluding steroid dienone is 4. The van der Waals surface area contributed by atoms with Crippen molar-refractivity contribution < 1.29 is 4.42 Å². The predicted octanol–water partition coefficient (Wildman–Crippen LogP) is 7.91. The fraction of sp³-hybridized carbons (Fsp3) is 0.241. The first-order valence-electron chi connectivity index (χ1n) is 11.1. The fourth-order valence-corrected chi connectivity index (χ4v) is 4.13. The number of fused-ring (bicyclic) bond motifs is 3. The third-order valence-electron chi connectivity index (χ3n) is 5.92. The van der Waals surface area contributed by atoms with Gasteiger partial charge in [-0.1, -0.05) is 62.4 Å². The van der Waals surface area contributed by atoms with E-state index in [-0.39, 0.29) is 0 Å². The normalized spacial score (nSPS) is 13.2. The molecule has 0 fully saturated rings. The maximum absolute atomic E-state index is 6.25. The zero-order valence-corrected chi connectivity index (χ0v) is 19.7. The summed E-state index contributed by atoms with van der Waals surface area (Å²) in [5.74, 6) is 0.484. The summed E-state index contributed by atoms with van der Waals surface area (Å²) < 4.78 is 6.25. The van der Waals surface area contributed by atoms with Crippen molar-refractivity contribution in [2.45, 2.75) is 40.5 Å². The molecule has 0 N–H and O–H groups in total. The number of furan rings is 1. The summed E-state index contributed by atoms with van der Waals surface area (Å²) in [6, 6.07) is 17.1. The van der Waals surface area contributed by atoms with Gasteiger partial charge in [0.15, 0.2) is 0 Å². The molecule has 0 aliphatic heterocycles. The molecule has 0 atom stereocenters. The van der Waals surface area contributed by atoms with E-state index in [9.17, 15) is 0 Å². The van der Waals surface area contributed by atoms with E-state index in [0.717, 1.165) is 38.8 Å². The zero-order chi connectivity index (χ0) is 22.8. The maximum atomic E-state index is 6.25. The molecule has 0 amide bonds. The lowest BCUT2D eigenvalue weighted by Gasteiger charge is -2.09. The minimum absolute atomic E-state index is 0.484. The van der Waals surface area contributed by atoms with Crippen molar-refractivity contribution in [3.05, 3.63) is 88.6 Å². The molecule has 0 unspecified atom stereocenters. The first kappa shape index (κ1) is 21.8. The molecule has 0 radical (unpaired) electrons. The van der Waals surface area contributed by atoms with E-state index < -0.39 is 0 Å². The first-order chi connectivity index (χ1) is 15.4. The predicted molar refractivity (Wildman–Crippen MR) is 138 cm³/mol. The summed E-state index contributed by atoms with van der Waals surface area (Å²) >= 11 is 0. The van der Waals surface area contributed by atoms with Crippen molar-refractivity contribution in [2.24, 2.45) is 4.99 Å². The number of pyridine rings is 1. The molecule has 0 saturated heterocycles. The Labute approximate surface area is 190 Å². The smallest absolute Gasteiger partial charge is 0.227 e. The minimum atomic E-state index is 0.484. The Morgan fingerprint density at radius 3 is 2.53 bits per heavy atom. The average molecular weight is 423 g/mol. The Hall–Kier alpha value is -3.46. The van der Waals surface area contributed by atoms with E-state index in [0.29, 0.717) is 11.6 Å². The van der Waals surface area contributed by atoms with Crippen molar-refractivity contribution in [2.75, 3.05) is 7.05 Å². The second-order valence-corrected chi connectivity index (χ2v) is 8.68. The highest BCUT2D eigenvalue weighted by Crippen LogP contribution is 2.35. The molecule has 3 nitrogen and oxygen atoms in total. The van der Waals surface area contributed by atoms with Gasteiger partial charge in [0, 0.05) is 35.3 Å². The standard InChI is InChI=1S/C29H30N2O/c1-18(2)22-8-7-9-23(16-22)24(17-30-6)13-10-19(3)27-20(4)11-14-25-26-15-12-21(5)31-29(26)32-28(25)27/h7-18H,1-6H3/b19-10+,24-13+,30-17?. The van der Waals surface area contributed by atoms with Gasteiger partial charge in [-0.2, -0.15) is 0 Å². The van der Waals surface area contributed by atoms with Crippen LogP contribution in [0.3, 0.4) is 0 Å². The van der Waals surface area contributed by atoms with Gasteiger partial charge in [-0.25, -0.2) is 4.98 Å². The maximum Gasteiger partial charge on any atom is 0.227 e. The van der Waals surface area contributed by atoms with Crippen molar-refractivity contribution in [1.29, 1.82) is 0 Å². The van der Waals surface area contributed by atoms with Crippen LogP contribution >= 0.6 is 0 Å². The molecule has 3 heteroatoms. The average Bonchev–Trinajstić information content (AvgIpc) is 3.13. The Bertz CT molecular complexity index is 1380. The topological polar surface area (TPSA) is 38.4 Å². The van der Waals surface area contributed by atoms with Crippen molar-refractivity contribution in [3.63, 3.8) is 0 Å². The lowest BCUT2D eigenvalue weighted by atomic mass is 9.96. The van der Waals surface area contributed by atoms with Gasteiger partial charge in [0.1, 0.15) is 5.58 Å². The fourth-order valence-electron chi connectivity index (χ4n) is 4.13. The molecule has 0 aliphatic carbocycles. The van der Waals surface area contributed by atoms with E-state index in [1.165, 1.54) is 16.7 Å². The minimum Gasteiger partial charge on any atom is -0.437 e. The van der Waals surface area contributed by atoms with Crippen molar-refractivity contribution in [3.8, 4) is 0 Å². The van der Waals surface area contributed by atoms with Crippen LogP contribution in [0.15, 0.2) is 70.1 Å². The molecule has 0 spiro atoms. The van der Waals surface area contributed by atoms with Crippen LogP contribution in [0.5, 0.6) is 0 Å². The molecule has 162 valence electrons. The van der Waals surface area contributed by atoms with Gasteiger partial charge in [0.2, 0.25) is 5.71 Å². The molecule has 2 aromatic heterocycles. The van der Waals surface area contributed by atoms with Crippen LogP contribution in [-0.4, -0.2) is 18.2 Å². The highest BCUT2D eigenvalue weighted by atomic mass is 16.3. The highest BCUT2D eigenvalue weighted by molar-refractivity contribution is 6.11. The Balaban J connectivity index is 1.83. The number of nitrogens with zero attached hydrogens (tertiary/aromatic N) is 2. The van der Waals surface area contributed by atoms with Gasteiger partial charge in [-0.3, -0.25) is 4.99 Å². The second kappa shape index (κ2) is 8.96. The SMILES string of the molecule is CN=C/C(=C\C=C(/C)c1c(C)ccc2c1oc1nc(C)ccc12)c1cccc(C(C)C)c1. The monoisotopic (exact) mass is 422 g/mol. The number of rotatable bonds is 5. The summed E-state index contributed by atoms with van der Waals surface area (Å²) in [6.07, 6.45) is 6.22. The van der Waals surface area contributed by atoms with Gasteiger partial charge in [0.05, 0.1) is 0 Å². The Morgan fingerprint density at radius 2 is 1.78 bits per heavy atom. The van der Waals surface area contributed by atoms with Crippen LogP contribution in [0, 0.1) is 13.8 Å². The third kappa shape index (κ3) is 4.16. The summed E-state index contributed by atoms with van der Waals surface area (Å²) in [5.41, 5.74) is 9.57. The van der Waals surface area contributed by atoms with Crippen LogP contribution in [0.2, 0.25) is 0 Å². The second-order valence-electron chi connectivity index (χ2n) is 8.68. The number of hydrogen-bond acceptors (Lipinski definition) is 3. The van der Waals surface area contributed by atoms with Crippen LogP contribution in [-0.2, 0) is 0 Å². The van der Waals surface area contributed by atoms with Crippen LogP contribution in [0.4, 0.5) is 0 Å². The van der Waals surface area contributed by atoms with E-state index in [4.69, 9.17) is 4.42 Å². The Kier molecular flexibility index (Phi) is 6.09. The number of aryl methyl sites for hydroxylation is 2. The number of aliphatic imine (C=N–C) groups is 1. The van der Waals surface area contributed by atoms with Crippen molar-refractivity contribution >= 4 is 39.4 Å². The highest BCUT2D eigenvalue weighted by Gasteiger charge is 2.15. The molecule has 4 rings (SSSR count). The van der Waals surface area contributed by atoms with E-state index >= 15 is 0 Å². The number of aromatic nitrogens is 1. The molecule has 0 aliphatic rings.